The molecule has 3 heterocycles. The topological polar surface area (TPSA) is 45.1 Å². The molecule has 2 aliphatic heterocycles. The van der Waals surface area contributed by atoms with Crippen molar-refractivity contribution in [2.24, 2.45) is 0 Å². The van der Waals surface area contributed by atoms with E-state index in [9.17, 15) is 0 Å². The van der Waals surface area contributed by atoms with Crippen LogP contribution in [0.2, 0.25) is 0 Å². The van der Waals surface area contributed by atoms with Crippen molar-refractivity contribution in [2.45, 2.75) is 291 Å². The summed E-state index contributed by atoms with van der Waals surface area (Å²) in [4.78, 5) is 2.40. The van der Waals surface area contributed by atoms with E-state index in [0.717, 1.165) is 61.0 Å². The normalized spacial score (nSPS) is 16.4. The first-order valence-corrected chi connectivity index (χ1v) is 39.8. The highest BCUT2D eigenvalue weighted by Crippen LogP contribution is 2.57. The van der Waals surface area contributed by atoms with Crippen LogP contribution in [0, 0.1) is 0 Å². The second kappa shape index (κ2) is 31.3. The van der Waals surface area contributed by atoms with Crippen LogP contribution in [0.3, 0.4) is 0 Å². The first-order chi connectivity index (χ1) is 48.5. The Kier molecular flexibility index (Phi) is 23.0. The van der Waals surface area contributed by atoms with E-state index in [1.54, 1.807) is 0 Å². The minimum absolute atomic E-state index is 0.0329. The third-order valence-electron chi connectivity index (χ3n) is 24.1. The molecule has 8 heteroatoms. The van der Waals surface area contributed by atoms with Gasteiger partial charge >= 0.3 is 14.2 Å². The molecule has 0 N–H and O–H groups in total. The molecule has 1 aliphatic carbocycles. The van der Waals surface area contributed by atoms with Crippen LogP contribution in [0.15, 0.2) is 164 Å². The van der Waals surface area contributed by atoms with Crippen molar-refractivity contribution in [2.75, 3.05) is 4.90 Å². The summed E-state index contributed by atoms with van der Waals surface area (Å²) in [7, 11) is -0.868. The Morgan fingerprint density at radius 3 is 1.38 bits per heavy atom. The summed E-state index contributed by atoms with van der Waals surface area (Å²) in [5, 5.41) is 2.68. The van der Waals surface area contributed by atoms with Crippen LogP contribution in [-0.2, 0) is 42.3 Å². The standard InChI is InChI=1S/C93H120B2N2O4/c1-16-20-24-28-30-37-59-93(60-38-31-29-25-21-17-2)82-62-70(68-43-51-75(52-44-68)96(76-53-47-73(48-54-76)88(5,6)7)77-55-49-74(50-56-77)94-98-89(8,9)90(10,11)99-94)45-57-78(82)79-66-87-81(65-83(79)93)80-61-69(67-39-35-32-36-40-67)46-58-85(80)97(87)86-64-71(41-33-26-22-18-3)84(63-72(86)42-34-27-23-19-4)95-100-91(12,13)92(14,15)101-95/h32,35-36,39-40,43-58,61-66H,16-31,33-34,37-38,41-42,59-60H2,1-15H3. The van der Waals surface area contributed by atoms with E-state index >= 15 is 0 Å². The second-order valence-electron chi connectivity index (χ2n) is 33.5. The van der Waals surface area contributed by atoms with Crippen LogP contribution in [0.5, 0.6) is 0 Å². The summed E-state index contributed by atoms with van der Waals surface area (Å²) >= 11 is 0. The molecule has 0 bridgehead atoms. The molecule has 12 rings (SSSR count). The van der Waals surface area contributed by atoms with E-state index in [2.05, 4.69) is 277 Å². The Balaban J connectivity index is 1.03. The maximum absolute atomic E-state index is 7.03. The maximum Gasteiger partial charge on any atom is 0.495 e. The highest BCUT2D eigenvalue weighted by atomic mass is 16.7. The van der Waals surface area contributed by atoms with Gasteiger partial charge in [0.15, 0.2) is 0 Å². The lowest BCUT2D eigenvalue weighted by Crippen LogP contribution is -2.41. The number of benzene rings is 8. The molecule has 101 heavy (non-hydrogen) atoms. The Bertz CT molecular complexity index is 4200. The van der Waals surface area contributed by atoms with E-state index < -0.39 is 36.6 Å². The van der Waals surface area contributed by atoms with Crippen molar-refractivity contribution in [1.82, 2.24) is 4.57 Å². The predicted molar refractivity (Wildman–Crippen MR) is 434 cm³/mol. The van der Waals surface area contributed by atoms with Crippen molar-refractivity contribution in [1.29, 1.82) is 0 Å². The lowest BCUT2D eigenvalue weighted by atomic mass is 9.70. The van der Waals surface area contributed by atoms with Crippen LogP contribution < -0.4 is 15.8 Å². The molecule has 0 amide bonds. The average molecular weight is 1350 g/mol. The van der Waals surface area contributed by atoms with E-state index in [-0.39, 0.29) is 10.8 Å². The lowest BCUT2D eigenvalue weighted by molar-refractivity contribution is 0.00578. The van der Waals surface area contributed by atoms with Crippen molar-refractivity contribution in [3.63, 3.8) is 0 Å². The number of fused-ring (bicyclic) bond motifs is 6. The first-order valence-electron chi connectivity index (χ1n) is 39.8. The fraction of sp³-hybridized carbons (Fsp3) is 0.484. The van der Waals surface area contributed by atoms with Crippen molar-refractivity contribution in [3.05, 3.63) is 192 Å². The van der Waals surface area contributed by atoms with Crippen molar-refractivity contribution >= 4 is 64.0 Å². The molecule has 0 spiro atoms. The fourth-order valence-corrected chi connectivity index (χ4v) is 16.4. The molecule has 2 saturated heterocycles. The highest BCUT2D eigenvalue weighted by Gasteiger charge is 2.53. The number of nitrogens with zero attached hydrogens (tertiary/aromatic N) is 2. The van der Waals surface area contributed by atoms with Crippen LogP contribution in [0.4, 0.5) is 17.1 Å². The molecule has 1 aromatic heterocycles. The molecular weight excluding hydrogens is 1230 g/mol. The highest BCUT2D eigenvalue weighted by molar-refractivity contribution is 6.63. The first kappa shape index (κ1) is 74.1. The van der Waals surface area contributed by atoms with Gasteiger partial charge in [0.05, 0.1) is 33.4 Å². The number of rotatable bonds is 32. The quantitative estimate of drug-likeness (QED) is 0.0311. The second-order valence-corrected chi connectivity index (χ2v) is 33.5. The summed E-state index contributed by atoms with van der Waals surface area (Å²) in [6.45, 7) is 33.5. The van der Waals surface area contributed by atoms with Gasteiger partial charge in [-0.3, -0.25) is 0 Å². The Labute approximate surface area is 610 Å². The maximum atomic E-state index is 7.03. The Hall–Kier alpha value is -6.67. The van der Waals surface area contributed by atoms with Gasteiger partial charge in [-0.15, -0.1) is 0 Å². The SMILES string of the molecule is CCCCCCCCC1(CCCCCCCC)c2cc(-c3ccc(N(c4ccc(B5OC(C)(C)C(C)(C)O5)cc4)c4ccc(C(C)(C)C)cc4)cc3)ccc2-c2cc3c(cc21)c1cc(-c2ccccc2)ccc1n3-c1cc(CCCCCC)c(B2OC(C)(C)C(C)(C)O2)cc1CCCCCC. The van der Waals surface area contributed by atoms with E-state index in [1.165, 1.54) is 210 Å². The lowest BCUT2D eigenvalue weighted by Gasteiger charge is -2.33. The summed E-state index contributed by atoms with van der Waals surface area (Å²) in [6, 6.07) is 64.1. The molecule has 9 aromatic rings. The molecular formula is C93H120B2N2O4. The number of hydrogen-bond donors (Lipinski definition) is 0. The summed E-state index contributed by atoms with van der Waals surface area (Å²) in [6.07, 6.45) is 29.0. The smallest absolute Gasteiger partial charge is 0.399 e. The van der Waals surface area contributed by atoms with Crippen LogP contribution in [0.1, 0.15) is 273 Å². The van der Waals surface area contributed by atoms with Gasteiger partial charge in [0.2, 0.25) is 0 Å². The predicted octanol–water partition coefficient (Wildman–Crippen LogP) is 25.5. The minimum Gasteiger partial charge on any atom is -0.399 e. The van der Waals surface area contributed by atoms with Gasteiger partial charge in [0, 0.05) is 38.9 Å². The summed E-state index contributed by atoms with van der Waals surface area (Å²) < 4.78 is 29.9. The molecule has 8 aromatic carbocycles. The van der Waals surface area contributed by atoms with Crippen LogP contribution >= 0.6 is 0 Å². The van der Waals surface area contributed by atoms with Crippen molar-refractivity contribution < 1.29 is 18.6 Å². The zero-order valence-electron chi connectivity index (χ0n) is 64.7. The van der Waals surface area contributed by atoms with Crippen molar-refractivity contribution in [3.8, 4) is 39.1 Å². The van der Waals surface area contributed by atoms with Gasteiger partial charge in [-0.05, 0) is 244 Å². The van der Waals surface area contributed by atoms with E-state index in [4.69, 9.17) is 18.6 Å². The van der Waals surface area contributed by atoms with Gasteiger partial charge in [0.25, 0.3) is 0 Å². The summed E-state index contributed by atoms with van der Waals surface area (Å²) in [5.74, 6) is 0. The number of aromatic nitrogens is 1. The van der Waals surface area contributed by atoms with Crippen LogP contribution in [0.25, 0.3) is 60.9 Å². The van der Waals surface area contributed by atoms with Gasteiger partial charge in [0.1, 0.15) is 0 Å². The molecule has 0 atom stereocenters. The third kappa shape index (κ3) is 15.6. The minimum atomic E-state index is -0.448. The molecule has 0 radical (unpaired) electrons. The zero-order valence-corrected chi connectivity index (χ0v) is 64.7. The molecule has 0 unspecified atom stereocenters. The fourth-order valence-electron chi connectivity index (χ4n) is 16.4. The summed E-state index contributed by atoms with van der Waals surface area (Å²) in [5.41, 5.74) is 22.5. The molecule has 532 valence electrons. The number of hydrogen-bond acceptors (Lipinski definition) is 5. The van der Waals surface area contributed by atoms with Crippen LogP contribution in [-0.4, -0.2) is 41.2 Å². The Morgan fingerprint density at radius 1 is 0.376 bits per heavy atom. The van der Waals surface area contributed by atoms with Gasteiger partial charge < -0.3 is 28.1 Å². The number of anilines is 3. The number of unbranched alkanes of at least 4 members (excludes halogenated alkanes) is 16. The van der Waals surface area contributed by atoms with E-state index in [1.807, 2.05) is 0 Å². The third-order valence-corrected chi connectivity index (χ3v) is 24.1. The monoisotopic (exact) mass is 1350 g/mol. The Morgan fingerprint density at radius 2 is 0.822 bits per heavy atom. The molecule has 2 fully saturated rings. The largest absolute Gasteiger partial charge is 0.495 e. The average Bonchev–Trinajstić information content (AvgIpc) is 1.54. The van der Waals surface area contributed by atoms with E-state index in [0.29, 0.717) is 0 Å². The number of aryl methyl sites for hydroxylation is 2. The van der Waals surface area contributed by atoms with Gasteiger partial charge in [-0.2, -0.15) is 0 Å². The molecule has 6 nitrogen and oxygen atoms in total. The van der Waals surface area contributed by atoms with Gasteiger partial charge in [-0.25, -0.2) is 0 Å². The molecule has 3 aliphatic rings. The zero-order chi connectivity index (χ0) is 71.3. The molecule has 0 saturated carbocycles. The van der Waals surface area contributed by atoms with Gasteiger partial charge in [-0.1, -0.05) is 255 Å².